The van der Waals surface area contributed by atoms with Crippen molar-refractivity contribution >= 4 is 11.8 Å². The Kier molecular flexibility index (Phi) is 5.94. The van der Waals surface area contributed by atoms with E-state index >= 15 is 0 Å². The number of benzene rings is 1. The maximum Gasteiger partial charge on any atom is 0.255 e. The van der Waals surface area contributed by atoms with Crippen LogP contribution in [0.25, 0.3) is 5.82 Å². The third kappa shape index (κ3) is 4.00. The van der Waals surface area contributed by atoms with Gasteiger partial charge in [0.05, 0.1) is 17.1 Å². The molecule has 1 aromatic carbocycles. The maximum absolute atomic E-state index is 13.6. The van der Waals surface area contributed by atoms with Crippen molar-refractivity contribution in [1.82, 2.24) is 24.6 Å². The lowest BCUT2D eigenvalue weighted by atomic mass is 9.84. The van der Waals surface area contributed by atoms with E-state index < -0.39 is 5.54 Å². The zero-order chi connectivity index (χ0) is 23.7. The van der Waals surface area contributed by atoms with Crippen LogP contribution < -0.4 is 0 Å². The molecule has 0 radical (unpaired) electrons. The first kappa shape index (κ1) is 22.3. The summed E-state index contributed by atoms with van der Waals surface area (Å²) in [5.74, 6) is 0.848. The van der Waals surface area contributed by atoms with E-state index in [2.05, 4.69) is 41.0 Å². The third-order valence-electron chi connectivity index (χ3n) is 7.57. The molecule has 0 aliphatic carbocycles. The van der Waals surface area contributed by atoms with Crippen LogP contribution in [0.2, 0.25) is 0 Å². The molecule has 7 nitrogen and oxygen atoms in total. The number of fused-ring (bicyclic) bond motifs is 1. The van der Waals surface area contributed by atoms with Gasteiger partial charge < -0.3 is 9.80 Å². The lowest BCUT2D eigenvalue weighted by molar-refractivity contribution is -0.140. The molecule has 0 saturated carbocycles. The molecule has 2 fully saturated rings. The van der Waals surface area contributed by atoms with E-state index in [0.717, 1.165) is 25.7 Å². The van der Waals surface area contributed by atoms with E-state index in [1.807, 2.05) is 41.4 Å². The molecule has 2 aliphatic rings. The fraction of sp³-hybridized carbons (Fsp3) is 0.407. The predicted octanol–water partition coefficient (Wildman–Crippen LogP) is 4.15. The van der Waals surface area contributed by atoms with Crippen molar-refractivity contribution in [2.45, 2.75) is 64.1 Å². The Labute approximate surface area is 200 Å². The fourth-order valence-corrected chi connectivity index (χ4v) is 5.51. The predicted molar refractivity (Wildman–Crippen MR) is 129 cm³/mol. The van der Waals surface area contributed by atoms with Crippen LogP contribution in [0.4, 0.5) is 0 Å². The summed E-state index contributed by atoms with van der Waals surface area (Å²) in [7, 11) is 0. The Hall–Kier alpha value is -3.48. The highest BCUT2D eigenvalue weighted by atomic mass is 16.2. The molecule has 0 N–H and O–H groups in total. The molecule has 2 aromatic heterocycles. The SMILES string of the molecule is Cc1ccccc1CN1C(=O)CCCC[C@@H]2N(C(=O)c3ccc(-n4cccn4)nc3)CC[C@@]21C. The van der Waals surface area contributed by atoms with E-state index in [0.29, 0.717) is 30.9 Å². The summed E-state index contributed by atoms with van der Waals surface area (Å²) in [6.45, 7) is 5.48. The zero-order valence-corrected chi connectivity index (χ0v) is 19.9. The van der Waals surface area contributed by atoms with Gasteiger partial charge in [-0.05, 0) is 62.4 Å². The van der Waals surface area contributed by atoms with Crippen LogP contribution >= 0.6 is 0 Å². The third-order valence-corrected chi connectivity index (χ3v) is 7.57. The normalized spacial score (nSPS) is 22.9. The number of hydrogen-bond acceptors (Lipinski definition) is 4. The zero-order valence-electron chi connectivity index (χ0n) is 19.9. The second kappa shape index (κ2) is 9.05. The standard InChI is InChI=1S/C27H31N5O2/c1-20-8-3-4-9-22(20)19-31-25(33)11-6-5-10-23-27(31,2)14-17-30(23)26(34)21-12-13-24(28-18-21)32-16-7-15-29-32/h3-4,7-9,12-13,15-16,18,23H,5-6,10-11,14,17,19H2,1-2H3/t23-,27-/m0/s1. The van der Waals surface area contributed by atoms with Crippen LogP contribution in [0.1, 0.15) is 60.5 Å². The van der Waals surface area contributed by atoms with Gasteiger partial charge in [0.1, 0.15) is 0 Å². The molecule has 2 saturated heterocycles. The van der Waals surface area contributed by atoms with Gasteiger partial charge in [-0.25, -0.2) is 9.67 Å². The Morgan fingerprint density at radius 3 is 2.74 bits per heavy atom. The van der Waals surface area contributed by atoms with E-state index in [1.165, 1.54) is 11.1 Å². The minimum absolute atomic E-state index is 0.0148. The Balaban J connectivity index is 1.42. The minimum atomic E-state index is -0.391. The molecule has 2 aliphatic heterocycles. The summed E-state index contributed by atoms with van der Waals surface area (Å²) in [4.78, 5) is 35.4. The topological polar surface area (TPSA) is 71.3 Å². The maximum atomic E-state index is 13.6. The van der Waals surface area contributed by atoms with Gasteiger partial charge in [-0.1, -0.05) is 30.7 Å². The number of aromatic nitrogens is 3. The summed E-state index contributed by atoms with van der Waals surface area (Å²) in [6, 6.07) is 13.7. The van der Waals surface area contributed by atoms with E-state index in [-0.39, 0.29) is 17.9 Å². The van der Waals surface area contributed by atoms with Crippen LogP contribution in [0.3, 0.4) is 0 Å². The average molecular weight is 458 g/mol. The number of nitrogens with zero attached hydrogens (tertiary/aromatic N) is 5. The molecule has 0 bridgehead atoms. The lowest BCUT2D eigenvalue weighted by Crippen LogP contribution is -2.58. The van der Waals surface area contributed by atoms with Crippen molar-refractivity contribution in [2.24, 2.45) is 0 Å². The van der Waals surface area contributed by atoms with Gasteiger partial charge in [0, 0.05) is 38.1 Å². The molecule has 4 heterocycles. The van der Waals surface area contributed by atoms with Crippen LogP contribution in [-0.2, 0) is 11.3 Å². The molecule has 0 spiro atoms. The van der Waals surface area contributed by atoms with Gasteiger partial charge in [-0.15, -0.1) is 0 Å². The van der Waals surface area contributed by atoms with Gasteiger partial charge in [-0.2, -0.15) is 5.10 Å². The van der Waals surface area contributed by atoms with Crippen LogP contribution in [0.5, 0.6) is 0 Å². The summed E-state index contributed by atoms with van der Waals surface area (Å²) >= 11 is 0. The second-order valence-corrected chi connectivity index (χ2v) is 9.63. The van der Waals surface area contributed by atoms with Crippen molar-refractivity contribution in [3.8, 4) is 5.82 Å². The molecule has 3 aromatic rings. The van der Waals surface area contributed by atoms with E-state index in [9.17, 15) is 9.59 Å². The van der Waals surface area contributed by atoms with Crippen LogP contribution in [-0.4, -0.2) is 54.5 Å². The number of carbonyl (C=O) groups excluding carboxylic acids is 2. The summed E-state index contributed by atoms with van der Waals surface area (Å²) in [5.41, 5.74) is 2.53. The second-order valence-electron chi connectivity index (χ2n) is 9.63. The Morgan fingerprint density at radius 2 is 2.00 bits per heavy atom. The molecule has 2 amide bonds. The highest BCUT2D eigenvalue weighted by Crippen LogP contribution is 2.40. The number of aryl methyl sites for hydroxylation is 1. The minimum Gasteiger partial charge on any atom is -0.333 e. The number of pyridine rings is 1. The largest absolute Gasteiger partial charge is 0.333 e. The summed E-state index contributed by atoms with van der Waals surface area (Å²) < 4.78 is 1.67. The van der Waals surface area contributed by atoms with Crippen molar-refractivity contribution in [3.05, 3.63) is 77.7 Å². The molecular formula is C27H31N5O2. The van der Waals surface area contributed by atoms with Gasteiger partial charge in [0.25, 0.3) is 5.91 Å². The molecule has 0 unspecified atom stereocenters. The average Bonchev–Trinajstić information content (AvgIpc) is 3.49. The summed E-state index contributed by atoms with van der Waals surface area (Å²) in [5, 5.41) is 4.20. The van der Waals surface area contributed by atoms with Crippen LogP contribution in [0, 0.1) is 6.92 Å². The quantitative estimate of drug-likeness (QED) is 0.590. The summed E-state index contributed by atoms with van der Waals surface area (Å²) in [6.07, 6.45) is 9.21. The smallest absolute Gasteiger partial charge is 0.255 e. The number of hydrogen-bond donors (Lipinski definition) is 0. The Morgan fingerprint density at radius 1 is 1.15 bits per heavy atom. The van der Waals surface area contributed by atoms with Crippen molar-refractivity contribution in [1.29, 1.82) is 0 Å². The number of likely N-dealkylation sites (tertiary alicyclic amines) is 2. The van der Waals surface area contributed by atoms with Gasteiger partial charge >= 0.3 is 0 Å². The van der Waals surface area contributed by atoms with Gasteiger partial charge in [-0.3, -0.25) is 9.59 Å². The van der Waals surface area contributed by atoms with Crippen molar-refractivity contribution in [2.75, 3.05) is 6.54 Å². The Bertz CT molecular complexity index is 1170. The fourth-order valence-electron chi connectivity index (χ4n) is 5.51. The molecule has 7 heteroatoms. The van der Waals surface area contributed by atoms with Crippen LogP contribution in [0.15, 0.2) is 61.1 Å². The van der Waals surface area contributed by atoms with Crippen molar-refractivity contribution < 1.29 is 9.59 Å². The molecule has 34 heavy (non-hydrogen) atoms. The molecule has 176 valence electrons. The first-order valence-corrected chi connectivity index (χ1v) is 12.1. The monoisotopic (exact) mass is 457 g/mol. The molecule has 2 atom stereocenters. The number of amides is 2. The first-order chi connectivity index (χ1) is 16.5. The highest BCUT2D eigenvalue weighted by Gasteiger charge is 2.51. The van der Waals surface area contributed by atoms with Gasteiger partial charge in [0.15, 0.2) is 5.82 Å². The molecular weight excluding hydrogens is 426 g/mol. The highest BCUT2D eigenvalue weighted by molar-refractivity contribution is 5.94. The van der Waals surface area contributed by atoms with Gasteiger partial charge in [0.2, 0.25) is 5.91 Å². The van der Waals surface area contributed by atoms with E-state index in [4.69, 9.17) is 0 Å². The lowest BCUT2D eigenvalue weighted by Gasteiger charge is -2.45. The van der Waals surface area contributed by atoms with Crippen molar-refractivity contribution in [3.63, 3.8) is 0 Å². The molecule has 5 rings (SSSR count). The van der Waals surface area contributed by atoms with E-state index in [1.54, 1.807) is 17.1 Å². The number of rotatable bonds is 4. The number of carbonyl (C=O) groups is 2. The first-order valence-electron chi connectivity index (χ1n) is 12.1.